The van der Waals surface area contributed by atoms with Crippen molar-refractivity contribution in [2.45, 2.75) is 10.9 Å². The predicted molar refractivity (Wildman–Crippen MR) is 118 cm³/mol. The number of carbonyl (C=O) groups is 2. The Kier molecular flexibility index (Phi) is 6.84. The van der Waals surface area contributed by atoms with Gasteiger partial charge in [0.05, 0.1) is 4.90 Å². The first-order chi connectivity index (χ1) is 14.7. The summed E-state index contributed by atoms with van der Waals surface area (Å²) in [7, 11) is -3.95. The lowest BCUT2D eigenvalue weighted by Gasteiger charge is -2.15. The monoisotopic (exact) mass is 478 g/mol. The van der Waals surface area contributed by atoms with Gasteiger partial charge in [-0.1, -0.05) is 53.5 Å². The Morgan fingerprint density at radius 2 is 1.45 bits per heavy atom. The molecule has 0 saturated carbocycles. The predicted octanol–water partition coefficient (Wildman–Crippen LogP) is 4.35. The number of hydrogen-bond donors (Lipinski definition) is 3. The molecule has 7 nitrogen and oxygen atoms in total. The maximum Gasteiger partial charge on any atom is 0.330 e. The quantitative estimate of drug-likeness (QED) is 0.467. The van der Waals surface area contributed by atoms with Gasteiger partial charge in [-0.25, -0.2) is 13.2 Å². The molecule has 0 spiro atoms. The second-order valence-corrected chi connectivity index (χ2v) is 9.00. The lowest BCUT2D eigenvalue weighted by molar-refractivity contribution is -0.139. The molecule has 0 saturated heterocycles. The van der Waals surface area contributed by atoms with Crippen molar-refractivity contribution < 1.29 is 23.1 Å². The fourth-order valence-corrected chi connectivity index (χ4v) is 4.52. The van der Waals surface area contributed by atoms with Crippen molar-refractivity contribution in [3.05, 3.63) is 94.0 Å². The van der Waals surface area contributed by atoms with Crippen LogP contribution >= 0.6 is 23.2 Å². The molecule has 10 heteroatoms. The number of hydrogen-bond acceptors (Lipinski definition) is 4. The number of amides is 1. The Balaban J connectivity index is 1.75. The number of carboxylic acids is 1. The Bertz CT molecular complexity index is 1200. The van der Waals surface area contributed by atoms with E-state index in [0.717, 1.165) is 0 Å². The van der Waals surface area contributed by atoms with E-state index in [-0.39, 0.29) is 26.2 Å². The smallest absolute Gasteiger partial charge is 0.330 e. The van der Waals surface area contributed by atoms with Crippen LogP contribution in [0.4, 0.5) is 5.69 Å². The zero-order chi connectivity index (χ0) is 22.6. The Hall–Kier alpha value is -3.07. The van der Waals surface area contributed by atoms with Crippen LogP contribution in [0.15, 0.2) is 77.7 Å². The first kappa shape index (κ1) is 22.6. The largest absolute Gasteiger partial charge is 0.479 e. The zero-order valence-electron chi connectivity index (χ0n) is 15.7. The maximum atomic E-state index is 12.5. The minimum atomic E-state index is -3.95. The van der Waals surface area contributed by atoms with Gasteiger partial charge in [0, 0.05) is 21.3 Å². The lowest BCUT2D eigenvalue weighted by atomic mass is 10.1. The number of sulfonamides is 1. The fraction of sp³-hybridized carbons (Fsp3) is 0.0476. The molecule has 3 N–H and O–H groups in total. The molecule has 0 aromatic heterocycles. The van der Waals surface area contributed by atoms with Crippen LogP contribution in [-0.4, -0.2) is 25.4 Å². The van der Waals surface area contributed by atoms with E-state index in [1.165, 1.54) is 42.5 Å². The minimum absolute atomic E-state index is 0.112. The molecular formula is C21H16Cl2N2O5S. The second kappa shape index (κ2) is 9.38. The molecular weight excluding hydrogens is 463 g/mol. The van der Waals surface area contributed by atoms with Gasteiger partial charge in [-0.05, 0) is 48.0 Å². The second-order valence-electron chi connectivity index (χ2n) is 6.44. The van der Waals surface area contributed by atoms with Crippen molar-refractivity contribution in [3.8, 4) is 0 Å². The van der Waals surface area contributed by atoms with E-state index in [1.54, 1.807) is 30.3 Å². The van der Waals surface area contributed by atoms with Gasteiger partial charge < -0.3 is 10.4 Å². The third kappa shape index (κ3) is 5.75. The van der Waals surface area contributed by atoms with Crippen LogP contribution in [0.25, 0.3) is 0 Å². The number of carbonyl (C=O) groups excluding carboxylic acids is 1. The summed E-state index contributed by atoms with van der Waals surface area (Å²) in [6.07, 6.45) is 0. The van der Waals surface area contributed by atoms with E-state index in [1.807, 2.05) is 0 Å². The van der Waals surface area contributed by atoms with E-state index in [4.69, 9.17) is 23.2 Å². The van der Waals surface area contributed by atoms with Crippen LogP contribution in [0, 0.1) is 0 Å². The number of rotatable bonds is 7. The minimum Gasteiger partial charge on any atom is -0.479 e. The zero-order valence-corrected chi connectivity index (χ0v) is 18.1. The molecule has 160 valence electrons. The number of halogens is 2. The molecule has 1 unspecified atom stereocenters. The number of nitrogens with one attached hydrogen (secondary N) is 2. The first-order valence-corrected chi connectivity index (χ1v) is 11.1. The third-order valence-corrected chi connectivity index (χ3v) is 6.00. The molecule has 0 aliphatic carbocycles. The van der Waals surface area contributed by atoms with E-state index < -0.39 is 27.9 Å². The number of aliphatic carboxylic acids is 1. The van der Waals surface area contributed by atoms with Crippen LogP contribution in [0.5, 0.6) is 0 Å². The molecule has 0 radical (unpaired) electrons. The van der Waals surface area contributed by atoms with Crippen molar-refractivity contribution in [1.82, 2.24) is 5.32 Å². The highest BCUT2D eigenvalue weighted by Crippen LogP contribution is 2.24. The lowest BCUT2D eigenvalue weighted by Crippen LogP contribution is -2.33. The summed E-state index contributed by atoms with van der Waals surface area (Å²) in [6.45, 7) is 0. The van der Waals surface area contributed by atoms with Crippen molar-refractivity contribution in [1.29, 1.82) is 0 Å². The maximum absolute atomic E-state index is 12.5. The first-order valence-electron chi connectivity index (χ1n) is 8.83. The van der Waals surface area contributed by atoms with Gasteiger partial charge in [-0.15, -0.1) is 0 Å². The molecule has 3 rings (SSSR count). The van der Waals surface area contributed by atoms with Crippen molar-refractivity contribution >= 4 is 50.8 Å². The van der Waals surface area contributed by atoms with Crippen LogP contribution in [-0.2, 0) is 14.8 Å². The topological polar surface area (TPSA) is 113 Å². The molecule has 0 heterocycles. The highest BCUT2D eigenvalue weighted by atomic mass is 35.5. The van der Waals surface area contributed by atoms with Crippen LogP contribution in [0.2, 0.25) is 10.0 Å². The SMILES string of the molecule is O=C(NC(C(=O)O)c1ccccc1)c1ccc(NS(=O)(=O)c2cc(Cl)cc(Cl)c2)cc1. The van der Waals surface area contributed by atoms with E-state index >= 15 is 0 Å². The molecule has 1 amide bonds. The van der Waals surface area contributed by atoms with Gasteiger partial charge in [0.2, 0.25) is 0 Å². The van der Waals surface area contributed by atoms with Gasteiger partial charge in [0.15, 0.2) is 6.04 Å². The summed E-state index contributed by atoms with van der Waals surface area (Å²) < 4.78 is 27.4. The van der Waals surface area contributed by atoms with Crippen LogP contribution in [0.1, 0.15) is 22.0 Å². The van der Waals surface area contributed by atoms with Crippen molar-refractivity contribution in [2.24, 2.45) is 0 Å². The molecule has 0 aliphatic heterocycles. The Morgan fingerprint density at radius 3 is 2.00 bits per heavy atom. The molecule has 3 aromatic carbocycles. The van der Waals surface area contributed by atoms with Gasteiger partial charge in [0.1, 0.15) is 0 Å². The van der Waals surface area contributed by atoms with Crippen LogP contribution < -0.4 is 10.0 Å². The summed E-state index contributed by atoms with van der Waals surface area (Å²) in [5.41, 5.74) is 0.786. The van der Waals surface area contributed by atoms with Gasteiger partial charge in [0.25, 0.3) is 15.9 Å². The summed E-state index contributed by atoms with van der Waals surface area (Å²) in [5, 5.41) is 12.2. The number of carboxylic acid groups (broad SMARTS) is 1. The number of anilines is 1. The highest BCUT2D eigenvalue weighted by molar-refractivity contribution is 7.92. The average Bonchev–Trinajstić information content (AvgIpc) is 2.72. The molecule has 1 atom stereocenters. The molecule has 0 aliphatic rings. The van der Waals surface area contributed by atoms with E-state index in [9.17, 15) is 23.1 Å². The number of benzene rings is 3. The van der Waals surface area contributed by atoms with Crippen LogP contribution in [0.3, 0.4) is 0 Å². The average molecular weight is 479 g/mol. The highest BCUT2D eigenvalue weighted by Gasteiger charge is 2.22. The summed E-state index contributed by atoms with van der Waals surface area (Å²) in [5.74, 6) is -1.82. The van der Waals surface area contributed by atoms with Gasteiger partial charge >= 0.3 is 5.97 Å². The molecule has 31 heavy (non-hydrogen) atoms. The Morgan fingerprint density at radius 1 is 0.871 bits per heavy atom. The molecule has 0 bridgehead atoms. The summed E-state index contributed by atoms with van der Waals surface area (Å²) in [6, 6.07) is 16.5. The molecule has 3 aromatic rings. The van der Waals surface area contributed by atoms with Crippen molar-refractivity contribution in [3.63, 3.8) is 0 Å². The summed E-state index contributed by atoms with van der Waals surface area (Å²) >= 11 is 11.7. The van der Waals surface area contributed by atoms with Gasteiger partial charge in [-0.3, -0.25) is 9.52 Å². The standard InChI is InChI=1S/C21H16Cl2N2O5S/c22-15-10-16(23)12-18(11-15)31(29,30)25-17-8-6-14(7-9-17)20(26)24-19(21(27)28)13-4-2-1-3-5-13/h1-12,19,25H,(H,24,26)(H,27,28). The molecule has 0 fully saturated rings. The van der Waals surface area contributed by atoms with E-state index in [0.29, 0.717) is 5.56 Å². The van der Waals surface area contributed by atoms with E-state index in [2.05, 4.69) is 10.0 Å². The normalized spacial score (nSPS) is 12.1. The fourth-order valence-electron chi connectivity index (χ4n) is 2.73. The summed E-state index contributed by atoms with van der Waals surface area (Å²) in [4.78, 5) is 23.9. The van der Waals surface area contributed by atoms with Gasteiger partial charge in [-0.2, -0.15) is 0 Å². The third-order valence-electron chi connectivity index (χ3n) is 4.20. The van der Waals surface area contributed by atoms with Crippen molar-refractivity contribution in [2.75, 3.05) is 4.72 Å². The Labute approximate surface area is 188 Å².